The summed E-state index contributed by atoms with van der Waals surface area (Å²) in [5.74, 6) is 0.218. The highest BCUT2D eigenvalue weighted by Gasteiger charge is 2.26. The Bertz CT molecular complexity index is 813. The van der Waals surface area contributed by atoms with Crippen molar-refractivity contribution in [2.24, 2.45) is 0 Å². The van der Waals surface area contributed by atoms with Crippen LogP contribution in [0.3, 0.4) is 0 Å². The van der Waals surface area contributed by atoms with Crippen LogP contribution >= 0.6 is 23.4 Å². The van der Waals surface area contributed by atoms with Crippen LogP contribution in [0.25, 0.3) is 0 Å². The minimum atomic E-state index is -0.605. The highest BCUT2D eigenvalue weighted by molar-refractivity contribution is 7.99. The van der Waals surface area contributed by atoms with E-state index in [1.807, 2.05) is 26.0 Å². The van der Waals surface area contributed by atoms with Crippen molar-refractivity contribution < 1.29 is 14.0 Å². The Hall–Kier alpha value is -2.05. The van der Waals surface area contributed by atoms with Gasteiger partial charge in [0.25, 0.3) is 0 Å². The first kappa shape index (κ1) is 23.2. The van der Waals surface area contributed by atoms with Gasteiger partial charge in [0.05, 0.1) is 5.75 Å². The third-order valence-corrected chi connectivity index (χ3v) is 5.51. The molecule has 0 aliphatic rings. The summed E-state index contributed by atoms with van der Waals surface area (Å²) in [6, 6.07) is 12.8. The number of nitrogens with one attached hydrogen (secondary N) is 1. The van der Waals surface area contributed by atoms with Crippen LogP contribution in [0.2, 0.25) is 5.02 Å². The monoisotopic (exact) mass is 436 g/mol. The highest BCUT2D eigenvalue weighted by atomic mass is 35.5. The molecule has 0 aliphatic carbocycles. The van der Waals surface area contributed by atoms with Crippen molar-refractivity contribution in [3.05, 3.63) is 70.5 Å². The summed E-state index contributed by atoms with van der Waals surface area (Å²) in [6.45, 7) is 5.82. The van der Waals surface area contributed by atoms with E-state index >= 15 is 0 Å². The van der Waals surface area contributed by atoms with Crippen LogP contribution in [0, 0.1) is 5.82 Å². The molecule has 1 atom stereocenters. The number of hydrogen-bond donors (Lipinski definition) is 1. The molecule has 0 fully saturated rings. The molecule has 0 radical (unpaired) electrons. The molecule has 2 rings (SSSR count). The fourth-order valence-electron chi connectivity index (χ4n) is 2.69. The van der Waals surface area contributed by atoms with E-state index in [0.717, 1.165) is 11.1 Å². The number of hydrogen-bond acceptors (Lipinski definition) is 3. The summed E-state index contributed by atoms with van der Waals surface area (Å²) < 4.78 is 13.0. The Morgan fingerprint density at radius 1 is 1.03 bits per heavy atom. The number of benzene rings is 2. The van der Waals surface area contributed by atoms with Gasteiger partial charge in [-0.2, -0.15) is 0 Å². The molecular weight excluding hydrogens is 411 g/mol. The molecule has 156 valence electrons. The van der Waals surface area contributed by atoms with Crippen LogP contribution in [0.4, 0.5) is 4.39 Å². The number of carbonyl (C=O) groups excluding carboxylic acids is 2. The zero-order valence-corrected chi connectivity index (χ0v) is 18.4. The number of thioether (sulfide) groups is 1. The lowest BCUT2D eigenvalue weighted by atomic mass is 10.1. The Morgan fingerprint density at radius 2 is 1.62 bits per heavy atom. The van der Waals surface area contributed by atoms with Crippen molar-refractivity contribution in [1.82, 2.24) is 10.2 Å². The van der Waals surface area contributed by atoms with Crippen molar-refractivity contribution in [3.63, 3.8) is 0 Å². The maximum Gasteiger partial charge on any atom is 0.242 e. The number of nitrogens with zero attached hydrogens (tertiary/aromatic N) is 1. The molecule has 2 amide bonds. The third kappa shape index (κ3) is 7.71. The summed E-state index contributed by atoms with van der Waals surface area (Å²) in [7, 11) is 0. The van der Waals surface area contributed by atoms with Gasteiger partial charge in [-0.3, -0.25) is 9.59 Å². The summed E-state index contributed by atoms with van der Waals surface area (Å²) in [6.07, 6.45) is 0. The predicted molar refractivity (Wildman–Crippen MR) is 117 cm³/mol. The van der Waals surface area contributed by atoms with Gasteiger partial charge in [0.1, 0.15) is 11.9 Å². The van der Waals surface area contributed by atoms with Gasteiger partial charge in [0.2, 0.25) is 11.8 Å². The second kappa shape index (κ2) is 11.2. The second-order valence-electron chi connectivity index (χ2n) is 7.11. The lowest BCUT2D eigenvalue weighted by molar-refractivity contribution is -0.138. The van der Waals surface area contributed by atoms with Crippen molar-refractivity contribution in [2.75, 3.05) is 5.75 Å². The predicted octanol–water partition coefficient (Wildman–Crippen LogP) is 4.65. The molecule has 2 aromatic carbocycles. The zero-order chi connectivity index (χ0) is 21.4. The fraction of sp³-hybridized carbons (Fsp3) is 0.364. The van der Waals surface area contributed by atoms with Crippen LogP contribution < -0.4 is 5.32 Å². The lowest BCUT2D eigenvalue weighted by Crippen LogP contribution is -2.49. The Balaban J connectivity index is 2.05. The van der Waals surface area contributed by atoms with Crippen LogP contribution in [0.15, 0.2) is 48.5 Å². The van der Waals surface area contributed by atoms with E-state index in [1.54, 1.807) is 36.1 Å². The molecule has 29 heavy (non-hydrogen) atoms. The number of carbonyl (C=O) groups is 2. The van der Waals surface area contributed by atoms with Gasteiger partial charge < -0.3 is 10.2 Å². The summed E-state index contributed by atoms with van der Waals surface area (Å²) in [4.78, 5) is 27.0. The van der Waals surface area contributed by atoms with E-state index in [1.165, 1.54) is 23.9 Å². The molecule has 0 unspecified atom stereocenters. The molecule has 0 aromatic heterocycles. The third-order valence-electron chi connectivity index (χ3n) is 4.27. The van der Waals surface area contributed by atoms with Gasteiger partial charge in [-0.25, -0.2) is 4.39 Å². The van der Waals surface area contributed by atoms with Crippen molar-refractivity contribution in [2.45, 2.75) is 45.2 Å². The molecule has 4 nitrogen and oxygen atoms in total. The van der Waals surface area contributed by atoms with Gasteiger partial charge >= 0.3 is 0 Å². The maximum absolute atomic E-state index is 13.0. The highest BCUT2D eigenvalue weighted by Crippen LogP contribution is 2.17. The second-order valence-corrected chi connectivity index (χ2v) is 8.53. The summed E-state index contributed by atoms with van der Waals surface area (Å²) in [5.41, 5.74) is 1.84. The average Bonchev–Trinajstić information content (AvgIpc) is 2.68. The van der Waals surface area contributed by atoms with Crippen LogP contribution in [0.1, 0.15) is 31.9 Å². The fourth-order valence-corrected chi connectivity index (χ4v) is 3.69. The molecule has 2 aromatic rings. The minimum absolute atomic E-state index is 0.00900. The molecule has 7 heteroatoms. The van der Waals surface area contributed by atoms with Crippen LogP contribution in [-0.4, -0.2) is 34.6 Å². The Labute approximate surface area is 180 Å². The van der Waals surface area contributed by atoms with Gasteiger partial charge in [0.15, 0.2) is 0 Å². The Morgan fingerprint density at radius 3 is 2.21 bits per heavy atom. The maximum atomic E-state index is 13.0. The summed E-state index contributed by atoms with van der Waals surface area (Å²) in [5, 5.41) is 3.48. The number of halogens is 2. The zero-order valence-electron chi connectivity index (χ0n) is 16.8. The Kier molecular flexibility index (Phi) is 8.99. The molecule has 1 N–H and O–H groups in total. The van der Waals surface area contributed by atoms with Crippen molar-refractivity contribution in [1.29, 1.82) is 0 Å². The lowest BCUT2D eigenvalue weighted by Gasteiger charge is -2.29. The minimum Gasteiger partial charge on any atom is -0.352 e. The van der Waals surface area contributed by atoms with Gasteiger partial charge in [-0.05, 0) is 56.2 Å². The van der Waals surface area contributed by atoms with Crippen LogP contribution in [0.5, 0.6) is 0 Å². The van der Waals surface area contributed by atoms with Gasteiger partial charge in [-0.15, -0.1) is 11.8 Å². The SMILES string of the molecule is CC(C)NC(=O)[C@H](C)N(Cc1ccc(Cl)cc1)C(=O)CSCc1ccc(F)cc1. The molecule has 0 saturated carbocycles. The van der Waals surface area contributed by atoms with E-state index in [9.17, 15) is 14.0 Å². The van der Waals surface area contributed by atoms with Gasteiger partial charge in [0, 0.05) is 23.4 Å². The average molecular weight is 437 g/mol. The molecule has 0 heterocycles. The molecule has 0 spiro atoms. The van der Waals surface area contributed by atoms with E-state index in [2.05, 4.69) is 5.32 Å². The quantitative estimate of drug-likeness (QED) is 0.622. The first-order chi connectivity index (χ1) is 13.8. The smallest absolute Gasteiger partial charge is 0.242 e. The van der Waals surface area contributed by atoms with Crippen LogP contribution in [-0.2, 0) is 21.9 Å². The topological polar surface area (TPSA) is 49.4 Å². The standard InChI is InChI=1S/C22H26ClFN2O2S/c1-15(2)25-22(28)16(3)26(12-17-4-8-19(23)9-5-17)21(27)14-29-13-18-6-10-20(24)11-7-18/h4-11,15-16H,12-14H2,1-3H3,(H,25,28)/t16-/m0/s1. The van der Waals surface area contributed by atoms with E-state index in [-0.39, 0.29) is 29.4 Å². The van der Waals surface area contributed by atoms with E-state index in [0.29, 0.717) is 17.3 Å². The first-order valence-electron chi connectivity index (χ1n) is 9.42. The van der Waals surface area contributed by atoms with Gasteiger partial charge in [-0.1, -0.05) is 35.9 Å². The molecule has 0 bridgehead atoms. The first-order valence-corrected chi connectivity index (χ1v) is 11.0. The van der Waals surface area contributed by atoms with Crippen molar-refractivity contribution >= 4 is 35.2 Å². The molecular formula is C22H26ClFN2O2S. The molecule has 0 aliphatic heterocycles. The van der Waals surface area contributed by atoms with E-state index in [4.69, 9.17) is 11.6 Å². The summed E-state index contributed by atoms with van der Waals surface area (Å²) >= 11 is 7.38. The number of rotatable bonds is 9. The largest absolute Gasteiger partial charge is 0.352 e. The van der Waals surface area contributed by atoms with E-state index < -0.39 is 6.04 Å². The van der Waals surface area contributed by atoms with Crippen molar-refractivity contribution in [3.8, 4) is 0 Å². The number of amides is 2. The molecule has 0 saturated heterocycles. The normalized spacial score (nSPS) is 11.9.